The van der Waals surface area contributed by atoms with E-state index in [2.05, 4.69) is 5.32 Å². The predicted molar refractivity (Wildman–Crippen MR) is 120 cm³/mol. The summed E-state index contributed by atoms with van der Waals surface area (Å²) in [6, 6.07) is 9.97. The molecule has 0 bridgehead atoms. The number of imide groups is 1. The molecule has 3 amide bonds. The van der Waals surface area contributed by atoms with Crippen LogP contribution in [-0.4, -0.2) is 55.5 Å². The fourth-order valence-electron chi connectivity index (χ4n) is 3.46. The lowest BCUT2D eigenvalue weighted by Gasteiger charge is -2.16. The second-order valence-corrected chi connectivity index (χ2v) is 7.61. The zero-order valence-electron chi connectivity index (χ0n) is 19.0. The topological polar surface area (TPSA) is 111 Å². The molecule has 3 rings (SSSR count). The first-order valence-corrected chi connectivity index (χ1v) is 10.4. The lowest BCUT2D eigenvalue weighted by Crippen LogP contribution is -2.32. The van der Waals surface area contributed by atoms with Crippen molar-refractivity contribution in [2.45, 2.75) is 32.8 Å². The van der Waals surface area contributed by atoms with Gasteiger partial charge in [-0.1, -0.05) is 11.6 Å². The van der Waals surface area contributed by atoms with Gasteiger partial charge in [0, 0.05) is 24.7 Å². The van der Waals surface area contributed by atoms with Gasteiger partial charge in [-0.05, 0) is 44.5 Å². The third kappa shape index (κ3) is 5.31. The molecule has 9 heteroatoms. The van der Waals surface area contributed by atoms with Crippen LogP contribution >= 0.6 is 0 Å². The molecule has 1 unspecified atom stereocenters. The third-order valence-corrected chi connectivity index (χ3v) is 5.22. The van der Waals surface area contributed by atoms with Gasteiger partial charge < -0.3 is 19.5 Å². The fraction of sp³-hybridized carbons (Fsp3) is 0.333. The summed E-state index contributed by atoms with van der Waals surface area (Å²) >= 11 is 0. The molecule has 0 saturated carbocycles. The Hall–Kier alpha value is -3.88. The molecule has 1 aliphatic heterocycles. The van der Waals surface area contributed by atoms with Gasteiger partial charge in [0.05, 0.1) is 25.3 Å². The molecule has 0 aliphatic carbocycles. The molecule has 1 atom stereocenters. The number of aryl methyl sites for hydroxylation is 1. The summed E-state index contributed by atoms with van der Waals surface area (Å²) < 4.78 is 15.5. The zero-order valence-corrected chi connectivity index (χ0v) is 19.0. The van der Waals surface area contributed by atoms with E-state index in [4.69, 9.17) is 14.2 Å². The number of amides is 3. The quantitative estimate of drug-likeness (QED) is 0.458. The van der Waals surface area contributed by atoms with Gasteiger partial charge in [-0.25, -0.2) is 0 Å². The van der Waals surface area contributed by atoms with Crippen LogP contribution in [0.5, 0.6) is 11.5 Å². The van der Waals surface area contributed by atoms with Crippen molar-refractivity contribution in [3.05, 3.63) is 53.1 Å². The Labute approximate surface area is 191 Å². The number of esters is 1. The van der Waals surface area contributed by atoms with E-state index in [1.807, 2.05) is 6.92 Å². The van der Waals surface area contributed by atoms with Crippen LogP contribution in [0.2, 0.25) is 0 Å². The summed E-state index contributed by atoms with van der Waals surface area (Å²) in [7, 11) is 2.99. The maximum absolute atomic E-state index is 12.5. The minimum atomic E-state index is -1.03. The highest BCUT2D eigenvalue weighted by atomic mass is 16.5. The minimum Gasteiger partial charge on any atom is -0.493 e. The average Bonchev–Trinajstić information content (AvgIpc) is 3.02. The van der Waals surface area contributed by atoms with Gasteiger partial charge in [-0.15, -0.1) is 0 Å². The summed E-state index contributed by atoms with van der Waals surface area (Å²) in [5.74, 6) is -0.879. The van der Waals surface area contributed by atoms with E-state index in [0.29, 0.717) is 28.3 Å². The molecule has 0 saturated heterocycles. The molecule has 0 aromatic heterocycles. The van der Waals surface area contributed by atoms with Crippen molar-refractivity contribution in [3.8, 4) is 11.5 Å². The predicted octanol–water partition coefficient (Wildman–Crippen LogP) is 2.96. The first-order valence-electron chi connectivity index (χ1n) is 10.4. The summed E-state index contributed by atoms with van der Waals surface area (Å²) in [5.41, 5.74) is 2.10. The largest absolute Gasteiger partial charge is 0.493 e. The number of hydrogen-bond acceptors (Lipinski definition) is 7. The van der Waals surface area contributed by atoms with Gasteiger partial charge >= 0.3 is 5.97 Å². The van der Waals surface area contributed by atoms with Crippen LogP contribution in [0.1, 0.15) is 46.0 Å². The number of nitrogens with zero attached hydrogens (tertiary/aromatic N) is 1. The Balaban J connectivity index is 1.47. The van der Waals surface area contributed by atoms with Crippen LogP contribution in [0.15, 0.2) is 36.4 Å². The fourth-order valence-corrected chi connectivity index (χ4v) is 3.46. The number of rotatable bonds is 9. The maximum atomic E-state index is 12.5. The summed E-state index contributed by atoms with van der Waals surface area (Å²) in [4.78, 5) is 50.6. The van der Waals surface area contributed by atoms with Crippen molar-refractivity contribution in [2.75, 3.05) is 26.1 Å². The van der Waals surface area contributed by atoms with Crippen molar-refractivity contribution >= 4 is 29.4 Å². The molecule has 9 nitrogen and oxygen atoms in total. The molecule has 33 heavy (non-hydrogen) atoms. The first-order chi connectivity index (χ1) is 15.7. The van der Waals surface area contributed by atoms with Crippen LogP contribution < -0.4 is 14.8 Å². The maximum Gasteiger partial charge on any atom is 0.306 e. The first kappa shape index (κ1) is 23.8. The standard InChI is InChI=1S/C24H26N2O7/c1-14-7-9-17-18(12-14)24(30)26(23(17)29)11-5-6-21(27)33-15(2)22(28)25-16-8-10-19(31-3)20(13-16)32-4/h7-10,12-13,15H,5-6,11H2,1-4H3,(H,25,28). The highest BCUT2D eigenvalue weighted by molar-refractivity contribution is 6.21. The minimum absolute atomic E-state index is 0.0413. The van der Waals surface area contributed by atoms with Gasteiger partial charge in [0.2, 0.25) is 0 Å². The van der Waals surface area contributed by atoms with E-state index < -0.39 is 18.0 Å². The van der Waals surface area contributed by atoms with Gasteiger partial charge in [-0.3, -0.25) is 24.1 Å². The summed E-state index contributed by atoms with van der Waals surface area (Å²) in [5, 5.41) is 2.65. The third-order valence-electron chi connectivity index (χ3n) is 5.22. The van der Waals surface area contributed by atoms with Crippen LogP contribution in [0.3, 0.4) is 0 Å². The van der Waals surface area contributed by atoms with Gasteiger partial charge in [-0.2, -0.15) is 0 Å². The van der Waals surface area contributed by atoms with E-state index in [1.54, 1.807) is 36.4 Å². The van der Waals surface area contributed by atoms with E-state index in [0.717, 1.165) is 10.5 Å². The molecule has 0 spiro atoms. The highest BCUT2D eigenvalue weighted by Crippen LogP contribution is 2.30. The Morgan fingerprint density at radius 2 is 1.67 bits per heavy atom. The molecule has 0 radical (unpaired) electrons. The van der Waals surface area contributed by atoms with Crippen LogP contribution in [0.4, 0.5) is 5.69 Å². The molecule has 0 fully saturated rings. The van der Waals surface area contributed by atoms with Crippen LogP contribution in [-0.2, 0) is 14.3 Å². The molecule has 2 aromatic rings. The smallest absolute Gasteiger partial charge is 0.306 e. The summed E-state index contributed by atoms with van der Waals surface area (Å²) in [6.45, 7) is 3.40. The number of ether oxygens (including phenoxy) is 3. The van der Waals surface area contributed by atoms with Crippen molar-refractivity contribution < 1.29 is 33.4 Å². The molecule has 1 N–H and O–H groups in total. The van der Waals surface area contributed by atoms with E-state index in [-0.39, 0.29) is 31.2 Å². The average molecular weight is 454 g/mol. The van der Waals surface area contributed by atoms with Crippen LogP contribution in [0, 0.1) is 6.92 Å². The number of benzene rings is 2. The van der Waals surface area contributed by atoms with E-state index in [9.17, 15) is 19.2 Å². The van der Waals surface area contributed by atoms with Crippen molar-refractivity contribution in [1.29, 1.82) is 0 Å². The highest BCUT2D eigenvalue weighted by Gasteiger charge is 2.35. The SMILES string of the molecule is COc1ccc(NC(=O)C(C)OC(=O)CCCN2C(=O)c3ccc(C)cc3C2=O)cc1OC. The number of methoxy groups -OCH3 is 2. The second kappa shape index (κ2) is 10.2. The van der Waals surface area contributed by atoms with Gasteiger partial charge in [0.1, 0.15) is 0 Å². The Kier molecular flexibility index (Phi) is 7.32. The number of fused-ring (bicyclic) bond motifs is 1. The summed E-state index contributed by atoms with van der Waals surface area (Å²) in [6.07, 6.45) is -0.846. The lowest BCUT2D eigenvalue weighted by molar-refractivity contribution is -0.153. The molecule has 1 aliphatic rings. The van der Waals surface area contributed by atoms with E-state index in [1.165, 1.54) is 21.1 Å². The number of nitrogens with one attached hydrogen (secondary N) is 1. The number of carbonyl (C=O) groups excluding carboxylic acids is 4. The Bertz CT molecular complexity index is 1100. The second-order valence-electron chi connectivity index (χ2n) is 7.61. The van der Waals surface area contributed by atoms with Crippen molar-refractivity contribution in [2.24, 2.45) is 0 Å². The molecular formula is C24H26N2O7. The van der Waals surface area contributed by atoms with Crippen LogP contribution in [0.25, 0.3) is 0 Å². The monoisotopic (exact) mass is 454 g/mol. The normalized spacial score (nSPS) is 13.4. The Morgan fingerprint density at radius 3 is 2.36 bits per heavy atom. The Morgan fingerprint density at radius 1 is 0.970 bits per heavy atom. The number of hydrogen-bond donors (Lipinski definition) is 1. The van der Waals surface area contributed by atoms with Crippen molar-refractivity contribution in [3.63, 3.8) is 0 Å². The molecule has 2 aromatic carbocycles. The van der Waals surface area contributed by atoms with Gasteiger partial charge in [0.15, 0.2) is 17.6 Å². The zero-order chi connectivity index (χ0) is 24.1. The molecule has 1 heterocycles. The molecular weight excluding hydrogens is 428 g/mol. The van der Waals surface area contributed by atoms with Gasteiger partial charge in [0.25, 0.3) is 17.7 Å². The molecule has 174 valence electrons. The lowest BCUT2D eigenvalue weighted by atomic mass is 10.1. The van der Waals surface area contributed by atoms with E-state index >= 15 is 0 Å². The number of anilines is 1. The number of carbonyl (C=O) groups is 4. The van der Waals surface area contributed by atoms with Crippen molar-refractivity contribution in [1.82, 2.24) is 4.90 Å².